The minimum absolute atomic E-state index is 0.151. The van der Waals surface area contributed by atoms with E-state index in [0.29, 0.717) is 30.9 Å². The quantitative estimate of drug-likeness (QED) is 0.700. The Balaban J connectivity index is 1.79. The zero-order valence-electron chi connectivity index (χ0n) is 13.0. The van der Waals surface area contributed by atoms with Crippen LogP contribution in [0.15, 0.2) is 47.5 Å². The van der Waals surface area contributed by atoms with E-state index in [0.717, 1.165) is 6.07 Å². The molecule has 1 fully saturated rings. The molecule has 0 spiro atoms. The van der Waals surface area contributed by atoms with Crippen LogP contribution in [0.5, 0.6) is 0 Å². The van der Waals surface area contributed by atoms with Crippen molar-refractivity contribution in [2.45, 2.75) is 23.8 Å². The molecule has 6 nitrogen and oxygen atoms in total. The Kier molecular flexibility index (Phi) is 3.98. The number of halogens is 2. The summed E-state index contributed by atoms with van der Waals surface area (Å²) >= 11 is 5.73. The van der Waals surface area contributed by atoms with Gasteiger partial charge in [0.15, 0.2) is 11.5 Å². The Hall–Kier alpha value is -2.03. The highest BCUT2D eigenvalue weighted by molar-refractivity contribution is 7.89. The molecule has 2 aromatic heterocycles. The molecule has 1 aliphatic rings. The first-order valence-corrected chi connectivity index (χ1v) is 9.57. The number of nitrogens with zero attached hydrogens (tertiary/aromatic N) is 4. The minimum Gasteiger partial charge on any atom is -0.285 e. The van der Waals surface area contributed by atoms with Crippen LogP contribution in [0, 0.1) is 5.82 Å². The van der Waals surface area contributed by atoms with E-state index in [1.165, 1.54) is 16.4 Å². The predicted octanol–water partition coefficient (Wildman–Crippen LogP) is 3.05. The minimum atomic E-state index is -4.01. The Labute approximate surface area is 148 Å². The largest absolute Gasteiger partial charge is 0.285 e. The van der Waals surface area contributed by atoms with E-state index in [-0.39, 0.29) is 9.92 Å². The van der Waals surface area contributed by atoms with Crippen molar-refractivity contribution in [3.05, 3.63) is 59.3 Å². The van der Waals surface area contributed by atoms with Crippen LogP contribution in [0.2, 0.25) is 5.02 Å². The Bertz CT molecular complexity index is 1050. The highest BCUT2D eigenvalue weighted by Crippen LogP contribution is 2.36. The summed E-state index contributed by atoms with van der Waals surface area (Å²) in [6, 6.07) is 8.54. The van der Waals surface area contributed by atoms with Gasteiger partial charge < -0.3 is 0 Å². The van der Waals surface area contributed by atoms with Gasteiger partial charge in [0.25, 0.3) is 0 Å². The highest BCUT2D eigenvalue weighted by Gasteiger charge is 2.39. The zero-order valence-corrected chi connectivity index (χ0v) is 14.6. The molecule has 0 radical (unpaired) electrons. The van der Waals surface area contributed by atoms with E-state index in [1.807, 2.05) is 12.1 Å². The number of benzene rings is 1. The summed E-state index contributed by atoms with van der Waals surface area (Å²) in [6.45, 7) is 0.302. The van der Waals surface area contributed by atoms with Crippen LogP contribution in [-0.2, 0) is 10.0 Å². The second-order valence-electron chi connectivity index (χ2n) is 5.84. The SMILES string of the molecule is O=S(=O)(c1ccc(Cl)cc1F)N1CCC[C@@H]1c1nnc2ccccn12. The van der Waals surface area contributed by atoms with Crippen LogP contribution >= 0.6 is 11.6 Å². The first-order valence-electron chi connectivity index (χ1n) is 7.75. The predicted molar refractivity (Wildman–Crippen MR) is 90.3 cm³/mol. The van der Waals surface area contributed by atoms with Gasteiger partial charge in [0.1, 0.15) is 10.7 Å². The lowest BCUT2D eigenvalue weighted by atomic mass is 10.2. The maximum Gasteiger partial charge on any atom is 0.246 e. The normalized spacial score (nSPS) is 18.9. The number of hydrogen-bond donors (Lipinski definition) is 0. The van der Waals surface area contributed by atoms with Crippen LogP contribution in [0.25, 0.3) is 5.65 Å². The van der Waals surface area contributed by atoms with Crippen molar-refractivity contribution in [3.8, 4) is 0 Å². The third-order valence-electron chi connectivity index (χ3n) is 4.32. The van der Waals surface area contributed by atoms with Gasteiger partial charge in [0.05, 0.1) is 6.04 Å². The number of pyridine rings is 1. The second-order valence-corrected chi connectivity index (χ2v) is 8.13. The van der Waals surface area contributed by atoms with Crippen molar-refractivity contribution in [2.75, 3.05) is 6.54 Å². The second kappa shape index (κ2) is 6.05. The summed E-state index contributed by atoms with van der Waals surface area (Å²) in [5.41, 5.74) is 0.638. The average molecular weight is 381 g/mol. The molecule has 0 bridgehead atoms. The fourth-order valence-electron chi connectivity index (χ4n) is 3.18. The summed E-state index contributed by atoms with van der Waals surface area (Å²) in [7, 11) is -4.01. The first-order chi connectivity index (χ1) is 12.0. The molecule has 130 valence electrons. The summed E-state index contributed by atoms with van der Waals surface area (Å²) in [5, 5.41) is 8.40. The molecule has 25 heavy (non-hydrogen) atoms. The van der Waals surface area contributed by atoms with Crippen LogP contribution in [0.3, 0.4) is 0 Å². The van der Waals surface area contributed by atoms with Crippen molar-refractivity contribution in [3.63, 3.8) is 0 Å². The molecule has 0 unspecified atom stereocenters. The van der Waals surface area contributed by atoms with Gasteiger partial charge in [0.2, 0.25) is 10.0 Å². The molecule has 0 saturated carbocycles. The van der Waals surface area contributed by atoms with Crippen molar-refractivity contribution >= 4 is 27.3 Å². The molecule has 1 aliphatic heterocycles. The average Bonchev–Trinajstić information content (AvgIpc) is 3.21. The van der Waals surface area contributed by atoms with Gasteiger partial charge in [-0.05, 0) is 43.2 Å². The molecular weight excluding hydrogens is 367 g/mol. The van der Waals surface area contributed by atoms with Gasteiger partial charge in [-0.25, -0.2) is 12.8 Å². The monoisotopic (exact) mass is 380 g/mol. The van der Waals surface area contributed by atoms with Gasteiger partial charge in [-0.2, -0.15) is 4.31 Å². The molecule has 0 amide bonds. The van der Waals surface area contributed by atoms with Crippen molar-refractivity contribution in [2.24, 2.45) is 0 Å². The zero-order chi connectivity index (χ0) is 17.6. The van der Waals surface area contributed by atoms with E-state index < -0.39 is 21.9 Å². The summed E-state index contributed by atoms with van der Waals surface area (Å²) in [4.78, 5) is -0.377. The smallest absolute Gasteiger partial charge is 0.246 e. The van der Waals surface area contributed by atoms with Crippen molar-refractivity contribution in [1.82, 2.24) is 18.9 Å². The summed E-state index contributed by atoms with van der Waals surface area (Å²) in [6.07, 6.45) is 3.06. The molecule has 3 aromatic rings. The third-order valence-corrected chi connectivity index (χ3v) is 6.50. The lowest BCUT2D eigenvalue weighted by Gasteiger charge is -2.23. The fraction of sp³-hybridized carbons (Fsp3) is 0.250. The molecule has 1 saturated heterocycles. The van der Waals surface area contributed by atoms with E-state index in [1.54, 1.807) is 16.7 Å². The topological polar surface area (TPSA) is 67.6 Å². The van der Waals surface area contributed by atoms with Crippen molar-refractivity contribution in [1.29, 1.82) is 0 Å². The standard InChI is InChI=1S/C16H14ClFN4O2S/c17-11-6-7-14(12(18)10-11)25(23,24)22-9-3-4-13(22)16-20-19-15-5-1-2-8-21(15)16/h1-2,5-8,10,13H,3-4,9H2/t13-/m1/s1. The lowest BCUT2D eigenvalue weighted by Crippen LogP contribution is -2.32. The number of rotatable bonds is 3. The number of aromatic nitrogens is 3. The number of hydrogen-bond acceptors (Lipinski definition) is 4. The molecular formula is C16H14ClFN4O2S. The van der Waals surface area contributed by atoms with Crippen molar-refractivity contribution < 1.29 is 12.8 Å². The first kappa shape index (κ1) is 16.4. The molecule has 0 N–H and O–H groups in total. The third kappa shape index (κ3) is 2.70. The van der Waals surface area contributed by atoms with Gasteiger partial charge in [0, 0.05) is 17.8 Å². The Morgan fingerprint density at radius 2 is 2.04 bits per heavy atom. The maximum absolute atomic E-state index is 14.2. The van der Waals surface area contributed by atoms with Gasteiger partial charge >= 0.3 is 0 Å². The maximum atomic E-state index is 14.2. The van der Waals surface area contributed by atoms with Crippen LogP contribution in [-0.4, -0.2) is 33.9 Å². The van der Waals surface area contributed by atoms with Crippen LogP contribution in [0.4, 0.5) is 4.39 Å². The number of fused-ring (bicyclic) bond motifs is 1. The van der Waals surface area contributed by atoms with Gasteiger partial charge in [-0.1, -0.05) is 17.7 Å². The lowest BCUT2D eigenvalue weighted by molar-refractivity contribution is 0.379. The highest BCUT2D eigenvalue weighted by atomic mass is 35.5. The molecule has 9 heteroatoms. The molecule has 0 aliphatic carbocycles. The molecule has 4 rings (SSSR count). The van der Waals surface area contributed by atoms with E-state index in [4.69, 9.17) is 11.6 Å². The van der Waals surface area contributed by atoms with Crippen LogP contribution in [0.1, 0.15) is 24.7 Å². The van der Waals surface area contributed by atoms with E-state index >= 15 is 0 Å². The molecule has 1 aromatic carbocycles. The van der Waals surface area contributed by atoms with E-state index in [2.05, 4.69) is 10.2 Å². The number of sulfonamides is 1. The molecule has 1 atom stereocenters. The molecule has 3 heterocycles. The van der Waals surface area contributed by atoms with E-state index in [9.17, 15) is 12.8 Å². The summed E-state index contributed by atoms with van der Waals surface area (Å²) < 4.78 is 43.2. The Morgan fingerprint density at radius 3 is 2.84 bits per heavy atom. The summed E-state index contributed by atoms with van der Waals surface area (Å²) in [5.74, 6) is -0.324. The fourth-order valence-corrected chi connectivity index (χ4v) is 5.04. The van der Waals surface area contributed by atoms with Gasteiger partial charge in [-0.3, -0.25) is 4.40 Å². The Morgan fingerprint density at radius 1 is 1.20 bits per heavy atom. The van der Waals surface area contributed by atoms with Gasteiger partial charge in [-0.15, -0.1) is 10.2 Å². The van der Waals surface area contributed by atoms with Crippen LogP contribution < -0.4 is 0 Å².